The van der Waals surface area contributed by atoms with Crippen LogP contribution in [0.3, 0.4) is 0 Å². The van der Waals surface area contributed by atoms with E-state index < -0.39 is 5.97 Å². The molecule has 4 N–H and O–H groups in total. The zero-order valence-electron chi connectivity index (χ0n) is 13.7. The SMILES string of the molecule is C=N/C(C(=O)O)=C(/C)SCc1cccc(N/N=C(\C=O)C(C)=N)c1O. The standard InChI is InChI=1S/C16H18N4O4S/c1-9(17)13(7-21)20-19-12-6-4-5-11(15(12)22)8-25-10(2)14(18-3)16(23)24/h4-7,17,19,22H,3,8H2,1-2H3,(H,23,24)/b14-10-,17-9?,20-13+. The van der Waals surface area contributed by atoms with Crippen molar-refractivity contribution in [2.75, 3.05) is 5.43 Å². The highest BCUT2D eigenvalue weighted by molar-refractivity contribution is 8.02. The van der Waals surface area contributed by atoms with E-state index in [-0.39, 0.29) is 28.6 Å². The smallest absolute Gasteiger partial charge is 0.355 e. The van der Waals surface area contributed by atoms with Crippen LogP contribution in [-0.2, 0) is 15.3 Å². The zero-order valence-corrected chi connectivity index (χ0v) is 14.6. The van der Waals surface area contributed by atoms with Crippen molar-refractivity contribution in [3.63, 3.8) is 0 Å². The maximum Gasteiger partial charge on any atom is 0.355 e. The Morgan fingerprint density at radius 1 is 1.44 bits per heavy atom. The number of carbonyl (C=O) groups is 2. The molecule has 25 heavy (non-hydrogen) atoms. The molecule has 0 aliphatic heterocycles. The zero-order chi connectivity index (χ0) is 19.0. The van der Waals surface area contributed by atoms with Crippen LogP contribution in [0.15, 0.2) is 38.9 Å². The Kier molecular flexibility index (Phi) is 7.54. The molecule has 1 aromatic carbocycles. The lowest BCUT2D eigenvalue weighted by Gasteiger charge is -2.10. The number of hydrogen-bond acceptors (Lipinski definition) is 8. The van der Waals surface area contributed by atoms with Gasteiger partial charge in [0.1, 0.15) is 11.5 Å². The monoisotopic (exact) mass is 362 g/mol. The molecule has 1 rings (SSSR count). The lowest BCUT2D eigenvalue weighted by Crippen LogP contribution is -2.12. The number of hydrazone groups is 1. The number of anilines is 1. The second kappa shape index (κ2) is 9.38. The van der Waals surface area contributed by atoms with E-state index in [0.29, 0.717) is 22.5 Å². The molecule has 0 bridgehead atoms. The summed E-state index contributed by atoms with van der Waals surface area (Å²) in [6, 6.07) is 4.91. The van der Waals surface area contributed by atoms with E-state index in [1.807, 2.05) is 0 Å². The van der Waals surface area contributed by atoms with Gasteiger partial charge in [0, 0.05) is 16.2 Å². The van der Waals surface area contributed by atoms with Gasteiger partial charge in [-0.25, -0.2) is 4.79 Å². The number of allylic oxidation sites excluding steroid dienone is 1. The highest BCUT2D eigenvalue weighted by Crippen LogP contribution is 2.33. The van der Waals surface area contributed by atoms with Gasteiger partial charge in [-0.05, 0) is 26.6 Å². The maximum absolute atomic E-state index is 11.0. The van der Waals surface area contributed by atoms with E-state index in [9.17, 15) is 14.7 Å². The molecular formula is C16H18N4O4S. The number of phenolic OH excluding ortho intramolecular Hbond substituents is 1. The van der Waals surface area contributed by atoms with Gasteiger partial charge < -0.3 is 15.6 Å². The summed E-state index contributed by atoms with van der Waals surface area (Å²) >= 11 is 1.20. The third kappa shape index (κ3) is 5.57. The maximum atomic E-state index is 11.0. The average molecular weight is 362 g/mol. The predicted octanol–water partition coefficient (Wildman–Crippen LogP) is 2.65. The van der Waals surface area contributed by atoms with Crippen LogP contribution in [0.4, 0.5) is 5.69 Å². The van der Waals surface area contributed by atoms with Gasteiger partial charge in [0.25, 0.3) is 0 Å². The summed E-state index contributed by atoms with van der Waals surface area (Å²) < 4.78 is 0. The van der Waals surface area contributed by atoms with Crippen LogP contribution in [0.5, 0.6) is 5.75 Å². The Hall–Kier alpha value is -2.94. The minimum Gasteiger partial charge on any atom is -0.505 e. The van der Waals surface area contributed by atoms with Crippen molar-refractivity contribution in [1.29, 1.82) is 5.41 Å². The number of aliphatic imine (C=N–C) groups is 1. The van der Waals surface area contributed by atoms with E-state index in [1.54, 1.807) is 25.1 Å². The van der Waals surface area contributed by atoms with E-state index in [1.165, 1.54) is 18.7 Å². The van der Waals surface area contributed by atoms with Crippen LogP contribution in [-0.4, -0.2) is 40.6 Å². The van der Waals surface area contributed by atoms with Crippen LogP contribution in [0.1, 0.15) is 19.4 Å². The quantitative estimate of drug-likeness (QED) is 0.175. The van der Waals surface area contributed by atoms with Gasteiger partial charge in [0.05, 0.1) is 11.4 Å². The number of thioether (sulfide) groups is 1. The first kappa shape index (κ1) is 20.1. The van der Waals surface area contributed by atoms with Crippen molar-refractivity contribution in [1.82, 2.24) is 0 Å². The molecule has 0 saturated carbocycles. The second-order valence-electron chi connectivity index (χ2n) is 4.82. The molecule has 132 valence electrons. The third-order valence-electron chi connectivity index (χ3n) is 3.05. The molecule has 0 spiro atoms. The molecule has 0 aromatic heterocycles. The molecule has 0 radical (unpaired) electrons. The number of aromatic hydroxyl groups is 1. The number of aldehydes is 1. The lowest BCUT2D eigenvalue weighted by molar-refractivity contribution is -0.132. The van der Waals surface area contributed by atoms with E-state index in [4.69, 9.17) is 10.5 Å². The molecule has 0 unspecified atom stereocenters. The Morgan fingerprint density at radius 2 is 2.12 bits per heavy atom. The normalized spacial score (nSPS) is 12.2. The number of nitrogens with zero attached hydrogens (tertiary/aromatic N) is 2. The molecule has 0 fully saturated rings. The summed E-state index contributed by atoms with van der Waals surface area (Å²) in [7, 11) is 0. The summed E-state index contributed by atoms with van der Waals surface area (Å²) in [5.74, 6) is -0.951. The van der Waals surface area contributed by atoms with Crippen molar-refractivity contribution >= 4 is 47.8 Å². The number of hydrogen-bond donors (Lipinski definition) is 4. The number of carboxylic acid groups (broad SMARTS) is 1. The summed E-state index contributed by atoms with van der Waals surface area (Å²) in [4.78, 5) is 25.7. The second-order valence-corrected chi connectivity index (χ2v) is 6.01. The largest absolute Gasteiger partial charge is 0.505 e. The Labute approximate surface area is 148 Å². The van der Waals surface area contributed by atoms with Crippen LogP contribution in [0.25, 0.3) is 0 Å². The topological polar surface area (TPSA) is 135 Å². The molecule has 0 aliphatic rings. The molecule has 0 aliphatic carbocycles. The van der Waals surface area contributed by atoms with Gasteiger partial charge in [-0.2, -0.15) is 5.10 Å². The fourth-order valence-electron chi connectivity index (χ4n) is 1.70. The molecule has 0 saturated heterocycles. The van der Waals surface area contributed by atoms with Crippen molar-refractivity contribution in [3.05, 3.63) is 34.4 Å². The van der Waals surface area contributed by atoms with Crippen molar-refractivity contribution in [2.24, 2.45) is 10.1 Å². The minimum absolute atomic E-state index is 0.00686. The van der Waals surface area contributed by atoms with Gasteiger partial charge in [-0.15, -0.1) is 11.8 Å². The fraction of sp³-hybridized carbons (Fsp3) is 0.188. The van der Waals surface area contributed by atoms with Crippen LogP contribution in [0.2, 0.25) is 0 Å². The number of carbonyl (C=O) groups excluding carboxylic acids is 1. The van der Waals surface area contributed by atoms with Gasteiger partial charge in [-0.3, -0.25) is 15.2 Å². The van der Waals surface area contributed by atoms with Gasteiger partial charge in [0.2, 0.25) is 0 Å². The molecule has 8 nitrogen and oxygen atoms in total. The van der Waals surface area contributed by atoms with Gasteiger partial charge >= 0.3 is 5.97 Å². The number of carboxylic acids is 1. The molecule has 0 atom stereocenters. The fourth-order valence-corrected chi connectivity index (χ4v) is 2.59. The Bertz CT molecular complexity index is 771. The highest BCUT2D eigenvalue weighted by atomic mass is 32.2. The first-order chi connectivity index (χ1) is 11.8. The first-order valence-corrected chi connectivity index (χ1v) is 7.99. The lowest BCUT2D eigenvalue weighted by atomic mass is 10.2. The van der Waals surface area contributed by atoms with Crippen LogP contribution >= 0.6 is 11.8 Å². The molecule has 1 aromatic rings. The minimum atomic E-state index is -1.17. The van der Waals surface area contributed by atoms with E-state index in [2.05, 4.69) is 22.2 Å². The molecule has 0 amide bonds. The number of rotatable bonds is 9. The number of aliphatic carboxylic acids is 1. The highest BCUT2D eigenvalue weighted by Gasteiger charge is 2.12. The molecular weight excluding hydrogens is 344 g/mol. The van der Waals surface area contributed by atoms with Crippen LogP contribution < -0.4 is 5.43 Å². The van der Waals surface area contributed by atoms with Crippen molar-refractivity contribution in [3.8, 4) is 5.75 Å². The summed E-state index contributed by atoms with van der Waals surface area (Å²) in [5, 5.41) is 30.4. The third-order valence-corrected chi connectivity index (χ3v) is 4.13. The van der Waals surface area contributed by atoms with Gasteiger partial charge in [0.15, 0.2) is 12.0 Å². The Morgan fingerprint density at radius 3 is 2.64 bits per heavy atom. The summed E-state index contributed by atoms with van der Waals surface area (Å²) in [5.41, 5.74) is 3.12. The number of para-hydroxylation sites is 1. The Balaban J connectivity index is 2.98. The number of phenols is 1. The first-order valence-electron chi connectivity index (χ1n) is 7.00. The van der Waals surface area contributed by atoms with E-state index >= 15 is 0 Å². The van der Waals surface area contributed by atoms with Crippen molar-refractivity contribution in [2.45, 2.75) is 19.6 Å². The average Bonchev–Trinajstić information content (AvgIpc) is 2.55. The molecule has 9 heteroatoms. The molecule has 0 heterocycles. The van der Waals surface area contributed by atoms with Crippen molar-refractivity contribution < 1.29 is 19.8 Å². The number of nitrogens with one attached hydrogen (secondary N) is 2. The summed E-state index contributed by atoms with van der Waals surface area (Å²) in [6.07, 6.45) is 0.440. The predicted molar refractivity (Wildman–Crippen MR) is 99.8 cm³/mol. The van der Waals surface area contributed by atoms with Crippen LogP contribution in [0, 0.1) is 5.41 Å². The van der Waals surface area contributed by atoms with E-state index in [0.717, 1.165) is 0 Å². The van der Waals surface area contributed by atoms with Gasteiger partial charge in [-0.1, -0.05) is 12.1 Å². The summed E-state index contributed by atoms with van der Waals surface area (Å²) in [6.45, 7) is 6.26. The number of benzene rings is 1.